The van der Waals surface area contributed by atoms with Crippen molar-refractivity contribution in [2.45, 2.75) is 25.8 Å². The van der Waals surface area contributed by atoms with Crippen LogP contribution in [0.15, 0.2) is 54.6 Å². The van der Waals surface area contributed by atoms with Gasteiger partial charge in [0, 0.05) is 18.7 Å². The highest BCUT2D eigenvalue weighted by molar-refractivity contribution is 6.04. The molecule has 2 aromatic carbocycles. The molecule has 0 spiro atoms. The van der Waals surface area contributed by atoms with Gasteiger partial charge < -0.3 is 15.5 Å². The van der Waals surface area contributed by atoms with Gasteiger partial charge in [-0.3, -0.25) is 4.79 Å². The minimum Gasteiger partial charge on any atom is -0.308 e. The maximum atomic E-state index is 12.2. The molecule has 0 radical (unpaired) electrons. The Morgan fingerprint density at radius 1 is 0.957 bits per heavy atom. The van der Waals surface area contributed by atoms with Gasteiger partial charge in [0.15, 0.2) is 0 Å². The predicted molar refractivity (Wildman–Crippen MR) is 91.7 cm³/mol. The molecule has 5 heteroatoms. The molecule has 0 saturated heterocycles. The summed E-state index contributed by atoms with van der Waals surface area (Å²) in [7, 11) is 0. The highest BCUT2D eigenvalue weighted by Gasteiger charge is 2.33. The largest absolute Gasteiger partial charge is 0.323 e. The Hall–Kier alpha value is -2.82. The van der Waals surface area contributed by atoms with Gasteiger partial charge in [0.05, 0.1) is 11.4 Å². The minimum atomic E-state index is -0.331. The standard InChI is InChI=1S/C18H19N3O2/c1-13(22)21(15-11-12-15)17-10-6-5-9-16(17)20-18(23)19-14-7-3-2-4-8-14/h2-10,15H,11-12H2,1H3,(H2,19,20,23). The van der Waals surface area contributed by atoms with Crippen LogP contribution in [0.1, 0.15) is 19.8 Å². The molecule has 118 valence electrons. The third kappa shape index (κ3) is 3.69. The lowest BCUT2D eigenvalue weighted by atomic mass is 10.2. The second kappa shape index (κ2) is 6.52. The predicted octanol–water partition coefficient (Wildman–Crippen LogP) is 3.85. The third-order valence-electron chi connectivity index (χ3n) is 3.69. The molecule has 3 rings (SSSR count). The van der Waals surface area contributed by atoms with E-state index in [-0.39, 0.29) is 18.0 Å². The van der Waals surface area contributed by atoms with Crippen LogP contribution in [0.2, 0.25) is 0 Å². The number of hydrogen-bond acceptors (Lipinski definition) is 2. The summed E-state index contributed by atoms with van der Waals surface area (Å²) in [5, 5.41) is 5.61. The van der Waals surface area contributed by atoms with E-state index in [2.05, 4.69) is 10.6 Å². The van der Waals surface area contributed by atoms with Gasteiger partial charge >= 0.3 is 6.03 Å². The van der Waals surface area contributed by atoms with Gasteiger partial charge in [-0.05, 0) is 37.1 Å². The van der Waals surface area contributed by atoms with E-state index in [0.717, 1.165) is 18.5 Å². The molecule has 23 heavy (non-hydrogen) atoms. The first kappa shape index (κ1) is 15.1. The van der Waals surface area contributed by atoms with Gasteiger partial charge in [-0.25, -0.2) is 4.79 Å². The summed E-state index contributed by atoms with van der Waals surface area (Å²) in [5.41, 5.74) is 2.09. The van der Waals surface area contributed by atoms with E-state index in [1.807, 2.05) is 48.5 Å². The van der Waals surface area contributed by atoms with Crippen LogP contribution in [-0.2, 0) is 4.79 Å². The van der Waals surface area contributed by atoms with Crippen LogP contribution in [0.3, 0.4) is 0 Å². The number of rotatable bonds is 4. The smallest absolute Gasteiger partial charge is 0.308 e. The first-order valence-corrected chi connectivity index (χ1v) is 7.67. The zero-order valence-electron chi connectivity index (χ0n) is 13.0. The van der Waals surface area contributed by atoms with Crippen molar-refractivity contribution in [2.75, 3.05) is 15.5 Å². The van der Waals surface area contributed by atoms with E-state index in [9.17, 15) is 9.59 Å². The van der Waals surface area contributed by atoms with Crippen molar-refractivity contribution in [3.05, 3.63) is 54.6 Å². The minimum absolute atomic E-state index is 0.00906. The normalized spacial score (nSPS) is 13.3. The molecule has 0 bridgehead atoms. The lowest BCUT2D eigenvalue weighted by Gasteiger charge is -2.24. The number of urea groups is 1. The van der Waals surface area contributed by atoms with Gasteiger partial charge in [-0.15, -0.1) is 0 Å². The van der Waals surface area contributed by atoms with Gasteiger partial charge in [-0.2, -0.15) is 0 Å². The quantitative estimate of drug-likeness (QED) is 0.901. The molecule has 0 aromatic heterocycles. The first-order chi connectivity index (χ1) is 11.1. The fourth-order valence-corrected chi connectivity index (χ4v) is 2.55. The van der Waals surface area contributed by atoms with Crippen molar-refractivity contribution >= 4 is 29.0 Å². The lowest BCUT2D eigenvalue weighted by Crippen LogP contribution is -2.32. The number of nitrogens with zero attached hydrogens (tertiary/aromatic N) is 1. The van der Waals surface area contributed by atoms with Crippen LogP contribution in [0, 0.1) is 0 Å². The molecule has 5 nitrogen and oxygen atoms in total. The van der Waals surface area contributed by atoms with E-state index in [0.29, 0.717) is 11.4 Å². The number of anilines is 3. The monoisotopic (exact) mass is 309 g/mol. The molecule has 0 atom stereocenters. The SMILES string of the molecule is CC(=O)N(c1ccccc1NC(=O)Nc1ccccc1)C1CC1. The molecular weight excluding hydrogens is 290 g/mol. The molecule has 1 aliphatic carbocycles. The molecule has 1 fully saturated rings. The molecule has 1 saturated carbocycles. The Balaban J connectivity index is 1.77. The highest BCUT2D eigenvalue weighted by Crippen LogP contribution is 2.35. The van der Waals surface area contributed by atoms with Crippen LogP contribution < -0.4 is 15.5 Å². The maximum Gasteiger partial charge on any atom is 0.323 e. The molecule has 1 aliphatic rings. The Morgan fingerprint density at radius 3 is 2.26 bits per heavy atom. The lowest BCUT2D eigenvalue weighted by molar-refractivity contribution is -0.116. The summed E-state index contributed by atoms with van der Waals surface area (Å²) in [4.78, 5) is 25.9. The molecule has 0 aliphatic heterocycles. The summed E-state index contributed by atoms with van der Waals surface area (Å²) in [6.45, 7) is 1.55. The summed E-state index contributed by atoms with van der Waals surface area (Å²) in [6, 6.07) is 16.5. The van der Waals surface area contributed by atoms with Gasteiger partial charge in [0.25, 0.3) is 0 Å². The molecular formula is C18H19N3O2. The topological polar surface area (TPSA) is 61.4 Å². The van der Waals surface area contributed by atoms with Gasteiger partial charge in [-0.1, -0.05) is 30.3 Å². The number of nitrogens with one attached hydrogen (secondary N) is 2. The third-order valence-corrected chi connectivity index (χ3v) is 3.69. The Morgan fingerprint density at radius 2 is 1.61 bits per heavy atom. The second-order valence-electron chi connectivity index (χ2n) is 5.58. The number of carbonyl (C=O) groups is 2. The highest BCUT2D eigenvalue weighted by atomic mass is 16.2. The fraction of sp³-hybridized carbons (Fsp3) is 0.222. The number of para-hydroxylation sites is 3. The van der Waals surface area contributed by atoms with Gasteiger partial charge in [0.2, 0.25) is 5.91 Å². The average molecular weight is 309 g/mol. The van der Waals surface area contributed by atoms with Crippen LogP contribution in [0.25, 0.3) is 0 Å². The molecule has 2 N–H and O–H groups in total. The van der Waals surface area contributed by atoms with Crippen LogP contribution in [-0.4, -0.2) is 18.0 Å². The number of amides is 3. The van der Waals surface area contributed by atoms with Gasteiger partial charge in [0.1, 0.15) is 0 Å². The summed E-state index contributed by atoms with van der Waals surface area (Å²) >= 11 is 0. The fourth-order valence-electron chi connectivity index (χ4n) is 2.55. The zero-order valence-corrected chi connectivity index (χ0v) is 13.0. The van der Waals surface area contributed by atoms with Crippen molar-refractivity contribution < 1.29 is 9.59 Å². The van der Waals surface area contributed by atoms with Crippen LogP contribution in [0.4, 0.5) is 21.9 Å². The summed E-state index contributed by atoms with van der Waals surface area (Å²) in [6.07, 6.45) is 2.01. The van der Waals surface area contributed by atoms with E-state index in [1.165, 1.54) is 0 Å². The van der Waals surface area contributed by atoms with Crippen molar-refractivity contribution in [2.24, 2.45) is 0 Å². The number of benzene rings is 2. The van der Waals surface area contributed by atoms with Crippen molar-refractivity contribution in [1.82, 2.24) is 0 Å². The van der Waals surface area contributed by atoms with E-state index in [4.69, 9.17) is 0 Å². The van der Waals surface area contributed by atoms with E-state index >= 15 is 0 Å². The Kier molecular flexibility index (Phi) is 4.28. The number of hydrogen-bond donors (Lipinski definition) is 2. The van der Waals surface area contributed by atoms with Crippen molar-refractivity contribution in [3.8, 4) is 0 Å². The second-order valence-corrected chi connectivity index (χ2v) is 5.58. The van der Waals surface area contributed by atoms with Crippen LogP contribution in [0.5, 0.6) is 0 Å². The first-order valence-electron chi connectivity index (χ1n) is 7.67. The summed E-state index contributed by atoms with van der Waals surface area (Å²) in [5.74, 6) is -0.00906. The zero-order chi connectivity index (χ0) is 16.2. The molecule has 0 heterocycles. The van der Waals surface area contributed by atoms with Crippen molar-refractivity contribution in [3.63, 3.8) is 0 Å². The van der Waals surface area contributed by atoms with Crippen LogP contribution >= 0.6 is 0 Å². The Bertz CT molecular complexity index is 711. The summed E-state index contributed by atoms with van der Waals surface area (Å²) < 4.78 is 0. The molecule has 0 unspecified atom stereocenters. The number of carbonyl (C=O) groups excluding carboxylic acids is 2. The van der Waals surface area contributed by atoms with E-state index < -0.39 is 0 Å². The van der Waals surface area contributed by atoms with Crippen molar-refractivity contribution in [1.29, 1.82) is 0 Å². The Labute approximate surface area is 135 Å². The molecule has 3 amide bonds. The maximum absolute atomic E-state index is 12.2. The molecule has 2 aromatic rings. The average Bonchev–Trinajstić information content (AvgIpc) is 3.34. The van der Waals surface area contributed by atoms with E-state index in [1.54, 1.807) is 17.9 Å².